The molecule has 2 nitrogen and oxygen atoms in total. The Balaban J connectivity index is 1.91. The Kier molecular flexibility index (Phi) is 4.70. The van der Waals surface area contributed by atoms with Crippen molar-refractivity contribution < 1.29 is 4.57 Å². The van der Waals surface area contributed by atoms with E-state index in [0.29, 0.717) is 0 Å². The molecule has 0 amide bonds. The van der Waals surface area contributed by atoms with Crippen molar-refractivity contribution in [1.82, 2.24) is 4.57 Å². The fourth-order valence-electron chi connectivity index (χ4n) is 4.86. The second-order valence-electron chi connectivity index (χ2n) is 9.96. The van der Waals surface area contributed by atoms with Crippen LogP contribution in [0.15, 0.2) is 79.0 Å². The smallest absolute Gasteiger partial charge is 0.218 e. The Morgan fingerprint density at radius 1 is 0.781 bits per heavy atom. The molecule has 0 saturated carbocycles. The van der Waals surface area contributed by atoms with Crippen LogP contribution in [0.25, 0.3) is 38.6 Å². The molecule has 0 saturated heterocycles. The fourth-order valence-corrected chi connectivity index (χ4v) is 4.86. The van der Waals surface area contributed by atoms with E-state index >= 15 is 0 Å². The molecule has 32 heavy (non-hydrogen) atoms. The van der Waals surface area contributed by atoms with E-state index in [1.165, 1.54) is 55.4 Å². The lowest BCUT2D eigenvalue weighted by Gasteiger charge is -2.22. The van der Waals surface area contributed by atoms with Gasteiger partial charge in [-0.2, -0.15) is 4.57 Å². The fraction of sp³-hybridized carbons (Fsp3) is 0.233. The highest BCUT2D eigenvalue weighted by molar-refractivity contribution is 5.97. The molecule has 0 fully saturated rings. The second-order valence-corrected chi connectivity index (χ2v) is 9.96. The summed E-state index contributed by atoms with van der Waals surface area (Å²) in [5, 5.41) is 3.83. The summed E-state index contributed by atoms with van der Waals surface area (Å²) < 4.78 is 4.71. The molecule has 0 aliphatic carbocycles. The third kappa shape index (κ3) is 3.22. The molecule has 0 unspecified atom stereocenters. The van der Waals surface area contributed by atoms with E-state index in [-0.39, 0.29) is 5.41 Å². The second kappa shape index (κ2) is 7.34. The van der Waals surface area contributed by atoms with Crippen LogP contribution in [0.1, 0.15) is 37.6 Å². The third-order valence-corrected chi connectivity index (χ3v) is 6.68. The van der Waals surface area contributed by atoms with Crippen LogP contribution < -0.4 is 4.57 Å². The Morgan fingerprint density at radius 3 is 2.22 bits per heavy atom. The Morgan fingerprint density at radius 2 is 1.47 bits per heavy atom. The molecule has 0 radical (unpaired) electrons. The molecular formula is C30H31N2+. The number of aryl methyl sites for hydroxylation is 2. The van der Waals surface area contributed by atoms with Crippen LogP contribution in [0.3, 0.4) is 0 Å². The Labute approximate surface area is 190 Å². The van der Waals surface area contributed by atoms with E-state index < -0.39 is 0 Å². The van der Waals surface area contributed by atoms with Gasteiger partial charge in [-0.05, 0) is 41.5 Å². The van der Waals surface area contributed by atoms with Crippen molar-refractivity contribution in [2.75, 3.05) is 0 Å². The van der Waals surface area contributed by atoms with Gasteiger partial charge in [-0.25, -0.2) is 0 Å². The van der Waals surface area contributed by atoms with Gasteiger partial charge in [0.05, 0.1) is 5.69 Å². The summed E-state index contributed by atoms with van der Waals surface area (Å²) in [5.74, 6) is 0. The van der Waals surface area contributed by atoms with Gasteiger partial charge in [-0.3, -0.25) is 0 Å². The average molecular weight is 420 g/mol. The molecule has 0 spiro atoms. The van der Waals surface area contributed by atoms with Gasteiger partial charge < -0.3 is 4.57 Å². The summed E-state index contributed by atoms with van der Waals surface area (Å²) in [6.07, 6.45) is 2.24. The molecule has 3 aromatic carbocycles. The number of rotatable bonds is 2. The van der Waals surface area contributed by atoms with Gasteiger partial charge in [0.25, 0.3) is 0 Å². The maximum absolute atomic E-state index is 2.43. The van der Waals surface area contributed by atoms with Crippen molar-refractivity contribution in [2.24, 2.45) is 7.05 Å². The highest BCUT2D eigenvalue weighted by Crippen LogP contribution is 2.37. The van der Waals surface area contributed by atoms with Crippen molar-refractivity contribution in [3.05, 3.63) is 95.8 Å². The third-order valence-electron chi connectivity index (χ3n) is 6.68. The molecule has 0 aliphatic heterocycles. The summed E-state index contributed by atoms with van der Waals surface area (Å²) in [6.45, 7) is 11.4. The zero-order chi connectivity index (χ0) is 22.6. The summed E-state index contributed by atoms with van der Waals surface area (Å²) in [5.41, 5.74) is 9.00. The van der Waals surface area contributed by atoms with E-state index in [1.807, 2.05) is 0 Å². The van der Waals surface area contributed by atoms with E-state index in [0.717, 1.165) is 0 Å². The molecule has 0 bridgehead atoms. The molecule has 160 valence electrons. The minimum absolute atomic E-state index is 0.0389. The SMILES string of the molecule is Cc1c(-c2c3ccccc3cn2C)cc(C(C)(C)C)cc1-[n+]1c(C)ccc2ccccc21. The standard InChI is InChI=1S/C30H31N2/c1-20-15-16-22-11-8-10-14-27(22)32(20)28-18-24(30(3,4)5)17-26(21(28)2)29-25-13-9-7-12-23(25)19-31(29)6/h7-19H,1-6H3/q+1. The highest BCUT2D eigenvalue weighted by atomic mass is 15.0. The lowest BCUT2D eigenvalue weighted by Crippen LogP contribution is -2.36. The minimum atomic E-state index is 0.0389. The number of aromatic nitrogens is 2. The Bertz CT molecular complexity index is 1480. The van der Waals surface area contributed by atoms with Crippen LogP contribution in [-0.4, -0.2) is 4.57 Å². The first kappa shape index (κ1) is 20.5. The predicted octanol–water partition coefficient (Wildman–Crippen LogP) is 7.19. The maximum atomic E-state index is 2.43. The lowest BCUT2D eigenvalue weighted by molar-refractivity contribution is -0.574. The number of para-hydroxylation sites is 1. The van der Waals surface area contributed by atoms with Crippen LogP contribution in [0, 0.1) is 13.8 Å². The normalized spacial score (nSPS) is 12.1. The van der Waals surface area contributed by atoms with Gasteiger partial charge in [0.1, 0.15) is 0 Å². The van der Waals surface area contributed by atoms with E-state index in [2.05, 4.69) is 130 Å². The van der Waals surface area contributed by atoms with Gasteiger partial charge in [0.15, 0.2) is 5.69 Å². The molecule has 0 N–H and O–H groups in total. The first-order valence-corrected chi connectivity index (χ1v) is 11.4. The van der Waals surface area contributed by atoms with E-state index in [4.69, 9.17) is 0 Å². The van der Waals surface area contributed by atoms with E-state index in [1.54, 1.807) is 0 Å². The van der Waals surface area contributed by atoms with Crippen LogP contribution in [-0.2, 0) is 12.5 Å². The number of benzene rings is 3. The molecule has 5 rings (SSSR count). The molecule has 2 aromatic heterocycles. The number of pyridine rings is 1. The zero-order valence-electron chi connectivity index (χ0n) is 19.9. The first-order chi connectivity index (χ1) is 15.3. The van der Waals surface area contributed by atoms with Crippen molar-refractivity contribution in [3.63, 3.8) is 0 Å². The first-order valence-electron chi connectivity index (χ1n) is 11.4. The van der Waals surface area contributed by atoms with Gasteiger partial charge in [-0.15, -0.1) is 0 Å². The monoisotopic (exact) mass is 419 g/mol. The van der Waals surface area contributed by atoms with Crippen LogP contribution >= 0.6 is 0 Å². The van der Waals surface area contributed by atoms with Crippen LogP contribution in [0.4, 0.5) is 0 Å². The van der Waals surface area contributed by atoms with Crippen molar-refractivity contribution in [3.8, 4) is 16.9 Å². The van der Waals surface area contributed by atoms with Gasteiger partial charge in [-0.1, -0.05) is 57.2 Å². The number of hydrogen-bond donors (Lipinski definition) is 0. The summed E-state index contributed by atoms with van der Waals surface area (Å²) in [7, 11) is 2.16. The summed E-state index contributed by atoms with van der Waals surface area (Å²) >= 11 is 0. The molecular weight excluding hydrogens is 388 g/mol. The van der Waals surface area contributed by atoms with Gasteiger partial charge >= 0.3 is 0 Å². The summed E-state index contributed by atoms with van der Waals surface area (Å²) in [4.78, 5) is 0. The predicted molar refractivity (Wildman–Crippen MR) is 136 cm³/mol. The van der Waals surface area contributed by atoms with E-state index in [9.17, 15) is 0 Å². The van der Waals surface area contributed by atoms with Crippen molar-refractivity contribution in [1.29, 1.82) is 0 Å². The number of hydrogen-bond acceptors (Lipinski definition) is 0. The number of fused-ring (bicyclic) bond motifs is 2. The topological polar surface area (TPSA) is 8.81 Å². The largest absolute Gasteiger partial charge is 0.349 e. The molecule has 0 atom stereocenters. The lowest BCUT2D eigenvalue weighted by atomic mass is 9.83. The molecule has 5 aromatic rings. The maximum Gasteiger partial charge on any atom is 0.218 e. The van der Waals surface area contributed by atoms with Crippen LogP contribution in [0.5, 0.6) is 0 Å². The molecule has 0 aliphatic rings. The van der Waals surface area contributed by atoms with Crippen LogP contribution in [0.2, 0.25) is 0 Å². The van der Waals surface area contributed by atoms with Crippen molar-refractivity contribution >= 4 is 21.7 Å². The molecule has 2 heterocycles. The number of nitrogens with zero attached hydrogens (tertiary/aromatic N) is 2. The van der Waals surface area contributed by atoms with Gasteiger partial charge in [0, 0.05) is 60.3 Å². The summed E-state index contributed by atoms with van der Waals surface area (Å²) in [6, 6.07) is 26.6. The van der Waals surface area contributed by atoms with Crippen molar-refractivity contribution in [2.45, 2.75) is 40.0 Å². The zero-order valence-corrected chi connectivity index (χ0v) is 19.9. The Hall–Kier alpha value is -3.39. The quantitative estimate of drug-likeness (QED) is 0.268. The highest BCUT2D eigenvalue weighted by Gasteiger charge is 2.26. The minimum Gasteiger partial charge on any atom is -0.349 e. The van der Waals surface area contributed by atoms with Gasteiger partial charge in [0.2, 0.25) is 11.2 Å². The average Bonchev–Trinajstić information content (AvgIpc) is 3.09. The molecule has 2 heteroatoms.